The average molecular weight is 549 g/mol. The molecule has 0 saturated heterocycles. The zero-order valence-corrected chi connectivity index (χ0v) is 23.0. The number of anilines is 1. The van der Waals surface area contributed by atoms with E-state index in [1.807, 2.05) is 72.2 Å². The number of nitrogens with one attached hydrogen (secondary N) is 1. The maximum absolute atomic E-state index is 12.9. The van der Waals surface area contributed by atoms with Gasteiger partial charge in [-0.05, 0) is 79.6 Å². The Morgan fingerprint density at radius 2 is 1.72 bits per heavy atom. The fourth-order valence-corrected chi connectivity index (χ4v) is 6.08. The molecule has 39 heavy (non-hydrogen) atoms. The van der Waals surface area contributed by atoms with Gasteiger partial charge in [0.2, 0.25) is 5.91 Å². The van der Waals surface area contributed by atoms with Crippen molar-refractivity contribution in [2.45, 2.75) is 19.0 Å². The maximum atomic E-state index is 12.9. The molecule has 0 saturated carbocycles. The van der Waals surface area contributed by atoms with Crippen molar-refractivity contribution in [1.82, 2.24) is 24.7 Å². The molecule has 3 aromatic heterocycles. The van der Waals surface area contributed by atoms with Crippen LogP contribution in [0.2, 0.25) is 0 Å². The van der Waals surface area contributed by atoms with Crippen LogP contribution in [0.3, 0.4) is 0 Å². The normalized spacial score (nSPS) is 11.1. The molecule has 6 aromatic rings. The van der Waals surface area contributed by atoms with Crippen molar-refractivity contribution in [3.8, 4) is 27.6 Å². The number of carbonyl (C=O) groups excluding carboxylic acids is 1. The lowest BCUT2D eigenvalue weighted by Gasteiger charge is -2.13. The van der Waals surface area contributed by atoms with Crippen molar-refractivity contribution in [2.75, 3.05) is 11.1 Å². The summed E-state index contributed by atoms with van der Waals surface area (Å²) in [6, 6.07) is 25.9. The van der Waals surface area contributed by atoms with E-state index in [-0.39, 0.29) is 11.7 Å². The zero-order chi connectivity index (χ0) is 26.8. The molecular weight excluding hydrogens is 525 g/mol. The summed E-state index contributed by atoms with van der Waals surface area (Å²) >= 11 is 3.02. The predicted octanol–water partition coefficient (Wildman–Crippen LogP) is 6.95. The second-order valence-corrected chi connectivity index (χ2v) is 11.0. The summed E-state index contributed by atoms with van der Waals surface area (Å²) < 4.78 is 3.17. The van der Waals surface area contributed by atoms with E-state index in [2.05, 4.69) is 45.6 Å². The van der Waals surface area contributed by atoms with Crippen molar-refractivity contribution >= 4 is 44.9 Å². The van der Waals surface area contributed by atoms with Gasteiger partial charge in [-0.1, -0.05) is 36.0 Å². The summed E-state index contributed by atoms with van der Waals surface area (Å²) in [5, 5.41) is 13.5. The molecule has 0 radical (unpaired) electrons. The minimum absolute atomic E-state index is 0.118. The largest absolute Gasteiger partial charge is 0.325 e. The van der Waals surface area contributed by atoms with Gasteiger partial charge < -0.3 is 5.32 Å². The summed E-state index contributed by atoms with van der Waals surface area (Å²) in [4.78, 5) is 21.7. The first-order chi connectivity index (χ1) is 19.0. The SMILES string of the molecule is Cc1ccc2nc(-c3ccc(NC(=O)CSc4nnc(-c5ccncc5)n4-c4ccccc4C)cc3)sc2c1. The van der Waals surface area contributed by atoms with Crippen LogP contribution < -0.4 is 5.32 Å². The lowest BCUT2D eigenvalue weighted by atomic mass is 10.2. The highest BCUT2D eigenvalue weighted by atomic mass is 32.2. The number of aromatic nitrogens is 5. The third-order valence-corrected chi connectivity index (χ3v) is 8.22. The van der Waals surface area contributed by atoms with Gasteiger partial charge in [-0.3, -0.25) is 14.3 Å². The van der Waals surface area contributed by atoms with Crippen LogP contribution in [0.15, 0.2) is 96.4 Å². The third kappa shape index (κ3) is 5.32. The van der Waals surface area contributed by atoms with Crippen LogP contribution in [0.25, 0.3) is 37.9 Å². The second-order valence-electron chi connectivity index (χ2n) is 9.07. The topological polar surface area (TPSA) is 85.6 Å². The molecule has 9 heteroatoms. The van der Waals surface area contributed by atoms with Crippen LogP contribution in [-0.4, -0.2) is 36.4 Å². The zero-order valence-electron chi connectivity index (χ0n) is 21.3. The monoisotopic (exact) mass is 548 g/mol. The van der Waals surface area contributed by atoms with Crippen molar-refractivity contribution in [1.29, 1.82) is 0 Å². The number of para-hydroxylation sites is 1. The second kappa shape index (κ2) is 10.8. The molecule has 1 N–H and O–H groups in total. The van der Waals surface area contributed by atoms with E-state index in [0.717, 1.165) is 38.6 Å². The molecule has 7 nitrogen and oxygen atoms in total. The molecular formula is C30H24N6OS2. The molecule has 0 atom stereocenters. The number of benzene rings is 3. The number of thioether (sulfide) groups is 1. The molecule has 0 aliphatic carbocycles. The average Bonchev–Trinajstić information content (AvgIpc) is 3.57. The molecule has 0 aliphatic heterocycles. The molecule has 3 heterocycles. The van der Waals surface area contributed by atoms with Crippen LogP contribution >= 0.6 is 23.1 Å². The van der Waals surface area contributed by atoms with Gasteiger partial charge in [0.1, 0.15) is 5.01 Å². The van der Waals surface area contributed by atoms with E-state index in [4.69, 9.17) is 4.98 Å². The van der Waals surface area contributed by atoms with Gasteiger partial charge in [0, 0.05) is 29.2 Å². The minimum Gasteiger partial charge on any atom is -0.325 e. The number of nitrogens with zero attached hydrogens (tertiary/aromatic N) is 5. The number of hydrogen-bond donors (Lipinski definition) is 1. The van der Waals surface area contributed by atoms with E-state index in [9.17, 15) is 4.79 Å². The Balaban J connectivity index is 1.17. The first-order valence-corrected chi connectivity index (χ1v) is 14.2. The van der Waals surface area contributed by atoms with Crippen molar-refractivity contribution in [3.63, 3.8) is 0 Å². The molecule has 0 unspecified atom stereocenters. The summed E-state index contributed by atoms with van der Waals surface area (Å²) in [5.74, 6) is 0.780. The summed E-state index contributed by atoms with van der Waals surface area (Å²) in [5.41, 5.74) is 6.94. The number of carbonyl (C=O) groups is 1. The first kappa shape index (κ1) is 25.0. The smallest absolute Gasteiger partial charge is 0.234 e. The van der Waals surface area contributed by atoms with Gasteiger partial charge >= 0.3 is 0 Å². The van der Waals surface area contributed by atoms with Gasteiger partial charge in [0.15, 0.2) is 11.0 Å². The van der Waals surface area contributed by atoms with Crippen LogP contribution in [0.1, 0.15) is 11.1 Å². The van der Waals surface area contributed by atoms with E-state index < -0.39 is 0 Å². The summed E-state index contributed by atoms with van der Waals surface area (Å²) in [7, 11) is 0. The molecule has 0 bridgehead atoms. The number of amides is 1. The maximum Gasteiger partial charge on any atom is 0.234 e. The van der Waals surface area contributed by atoms with Gasteiger partial charge in [-0.2, -0.15) is 0 Å². The molecule has 1 amide bonds. The Hall–Kier alpha value is -4.34. The Morgan fingerprint density at radius 1 is 0.923 bits per heavy atom. The summed E-state index contributed by atoms with van der Waals surface area (Å²) in [6.45, 7) is 4.13. The standard InChI is InChI=1S/C30H24N6OS2/c1-19-7-12-24-26(17-19)39-29(33-24)22-8-10-23(11-9-22)32-27(37)18-38-30-35-34-28(21-13-15-31-16-14-21)36(30)25-6-4-3-5-20(25)2/h3-17H,18H2,1-2H3,(H,32,37). The molecule has 0 aliphatic rings. The van der Waals surface area contributed by atoms with Crippen LogP contribution in [-0.2, 0) is 4.79 Å². The summed E-state index contributed by atoms with van der Waals surface area (Å²) in [6.07, 6.45) is 3.46. The predicted molar refractivity (Wildman–Crippen MR) is 158 cm³/mol. The molecule has 192 valence electrons. The third-order valence-electron chi connectivity index (χ3n) is 6.22. The lowest BCUT2D eigenvalue weighted by Crippen LogP contribution is -2.14. The highest BCUT2D eigenvalue weighted by molar-refractivity contribution is 7.99. The fraction of sp³-hybridized carbons (Fsp3) is 0.100. The molecule has 3 aromatic carbocycles. The minimum atomic E-state index is -0.118. The van der Waals surface area contributed by atoms with Crippen molar-refractivity contribution in [2.24, 2.45) is 0 Å². The van der Waals surface area contributed by atoms with Crippen molar-refractivity contribution in [3.05, 3.63) is 102 Å². The van der Waals surface area contributed by atoms with E-state index in [0.29, 0.717) is 11.0 Å². The van der Waals surface area contributed by atoms with Crippen LogP contribution in [0, 0.1) is 13.8 Å². The highest BCUT2D eigenvalue weighted by Crippen LogP contribution is 2.32. The number of aryl methyl sites for hydroxylation is 2. The Bertz CT molecular complexity index is 1780. The Labute approximate surface area is 234 Å². The Morgan fingerprint density at radius 3 is 2.51 bits per heavy atom. The highest BCUT2D eigenvalue weighted by Gasteiger charge is 2.18. The molecule has 0 spiro atoms. The van der Waals surface area contributed by atoms with E-state index in [1.165, 1.54) is 22.0 Å². The lowest BCUT2D eigenvalue weighted by molar-refractivity contribution is -0.113. The number of rotatable bonds is 7. The molecule has 0 fully saturated rings. The van der Waals surface area contributed by atoms with Gasteiger partial charge in [-0.25, -0.2) is 4.98 Å². The van der Waals surface area contributed by atoms with E-state index >= 15 is 0 Å². The van der Waals surface area contributed by atoms with E-state index in [1.54, 1.807) is 23.7 Å². The fourth-order valence-electron chi connectivity index (χ4n) is 4.26. The van der Waals surface area contributed by atoms with Gasteiger partial charge in [0.25, 0.3) is 0 Å². The van der Waals surface area contributed by atoms with Crippen LogP contribution in [0.4, 0.5) is 5.69 Å². The van der Waals surface area contributed by atoms with Crippen molar-refractivity contribution < 1.29 is 4.79 Å². The quantitative estimate of drug-likeness (QED) is 0.217. The van der Waals surface area contributed by atoms with Gasteiger partial charge in [0.05, 0.1) is 21.7 Å². The Kier molecular flexibility index (Phi) is 6.91. The number of pyridine rings is 1. The van der Waals surface area contributed by atoms with Gasteiger partial charge in [-0.15, -0.1) is 21.5 Å². The molecule has 6 rings (SSSR count). The first-order valence-electron chi connectivity index (χ1n) is 12.4. The number of hydrogen-bond acceptors (Lipinski definition) is 7. The number of thiazole rings is 1. The van der Waals surface area contributed by atoms with Crippen LogP contribution in [0.5, 0.6) is 0 Å². The number of fused-ring (bicyclic) bond motifs is 1.